The van der Waals surface area contributed by atoms with Crippen LogP contribution in [-0.4, -0.2) is 46.8 Å². The zero-order valence-electron chi connectivity index (χ0n) is 16.3. The molecule has 0 radical (unpaired) electrons. The molecule has 0 aromatic rings. The van der Waals surface area contributed by atoms with Gasteiger partial charge in [-0.3, -0.25) is 14.4 Å². The van der Waals surface area contributed by atoms with Gasteiger partial charge in [0, 0.05) is 25.1 Å². The van der Waals surface area contributed by atoms with E-state index in [-0.39, 0.29) is 30.9 Å². The minimum atomic E-state index is -0.634. The van der Waals surface area contributed by atoms with Crippen molar-refractivity contribution >= 4 is 35.5 Å². The lowest BCUT2D eigenvalue weighted by Crippen LogP contribution is -2.32. The Balaban J connectivity index is 1.93. The van der Waals surface area contributed by atoms with Gasteiger partial charge in [0.05, 0.1) is 12.2 Å². The van der Waals surface area contributed by atoms with Gasteiger partial charge in [-0.1, -0.05) is 51.9 Å². The molecule has 0 saturated carbocycles. The highest BCUT2D eigenvalue weighted by Crippen LogP contribution is 2.13. The monoisotopic (exact) mass is 400 g/mol. The Morgan fingerprint density at radius 3 is 2.22 bits per heavy atom. The van der Waals surface area contributed by atoms with Crippen LogP contribution < -0.4 is 5.32 Å². The molecule has 1 N–H and O–H groups in total. The number of rotatable bonds is 15. The van der Waals surface area contributed by atoms with Gasteiger partial charge in [0.15, 0.2) is 0 Å². The molecule has 0 atom stereocenters. The first-order valence-corrected chi connectivity index (χ1v) is 11.1. The molecule has 27 heavy (non-hydrogen) atoms. The van der Waals surface area contributed by atoms with Crippen molar-refractivity contribution in [1.82, 2.24) is 10.4 Å². The summed E-state index contributed by atoms with van der Waals surface area (Å²) in [6.07, 6.45) is 10.1. The van der Waals surface area contributed by atoms with Crippen LogP contribution in [0.3, 0.4) is 0 Å². The smallest absolute Gasteiger partial charge is 0.334 e. The van der Waals surface area contributed by atoms with Crippen molar-refractivity contribution in [2.45, 2.75) is 77.6 Å². The summed E-state index contributed by atoms with van der Waals surface area (Å²) in [6, 6.07) is 0. The number of hydrogen-bond acceptors (Lipinski definition) is 6. The van der Waals surface area contributed by atoms with E-state index in [9.17, 15) is 19.2 Å². The van der Waals surface area contributed by atoms with E-state index in [2.05, 4.69) is 12.2 Å². The first-order chi connectivity index (χ1) is 13.0. The Hall–Kier alpha value is -1.57. The number of imide groups is 1. The number of nitrogens with one attached hydrogen (secondary N) is 1. The summed E-state index contributed by atoms with van der Waals surface area (Å²) >= 11 is 1.33. The first kappa shape index (κ1) is 23.5. The Kier molecular flexibility index (Phi) is 12.6. The van der Waals surface area contributed by atoms with E-state index in [4.69, 9.17) is 4.84 Å². The van der Waals surface area contributed by atoms with Crippen LogP contribution in [0.15, 0.2) is 0 Å². The normalized spacial score (nSPS) is 13.9. The van der Waals surface area contributed by atoms with Crippen molar-refractivity contribution in [2.75, 3.05) is 18.1 Å². The zero-order chi connectivity index (χ0) is 19.9. The molecule has 3 amide bonds. The molecule has 0 aliphatic carbocycles. The van der Waals surface area contributed by atoms with Crippen molar-refractivity contribution in [2.24, 2.45) is 0 Å². The summed E-state index contributed by atoms with van der Waals surface area (Å²) in [5.41, 5.74) is 0. The predicted molar refractivity (Wildman–Crippen MR) is 105 cm³/mol. The van der Waals surface area contributed by atoms with E-state index in [1.807, 2.05) is 0 Å². The lowest BCUT2D eigenvalue weighted by Gasteiger charge is -2.12. The van der Waals surface area contributed by atoms with Crippen molar-refractivity contribution < 1.29 is 24.0 Å². The van der Waals surface area contributed by atoms with Gasteiger partial charge in [-0.2, -0.15) is 11.8 Å². The van der Waals surface area contributed by atoms with E-state index >= 15 is 0 Å². The second-order valence-corrected chi connectivity index (χ2v) is 7.78. The SMILES string of the molecule is CCCCCCCCCCNC(=O)CSCCC(=O)ON1C(=O)CCC1=O. The van der Waals surface area contributed by atoms with Gasteiger partial charge in [0.25, 0.3) is 11.8 Å². The lowest BCUT2D eigenvalue weighted by atomic mass is 10.1. The van der Waals surface area contributed by atoms with Crippen LogP contribution in [-0.2, 0) is 24.0 Å². The van der Waals surface area contributed by atoms with Crippen LogP contribution in [0.1, 0.15) is 77.6 Å². The molecule has 1 rings (SSSR count). The summed E-state index contributed by atoms with van der Waals surface area (Å²) in [5.74, 6) is -0.958. The third kappa shape index (κ3) is 11.0. The van der Waals surface area contributed by atoms with E-state index < -0.39 is 17.8 Å². The summed E-state index contributed by atoms with van der Waals surface area (Å²) < 4.78 is 0. The molecule has 0 aromatic carbocycles. The van der Waals surface area contributed by atoms with E-state index in [0.29, 0.717) is 17.4 Å². The number of thioether (sulfide) groups is 1. The number of hydrogen-bond donors (Lipinski definition) is 1. The third-order valence-corrected chi connectivity index (χ3v) is 5.19. The van der Waals surface area contributed by atoms with Gasteiger partial charge in [0.1, 0.15) is 0 Å². The van der Waals surface area contributed by atoms with Gasteiger partial charge >= 0.3 is 5.97 Å². The van der Waals surface area contributed by atoms with E-state index in [0.717, 1.165) is 12.8 Å². The van der Waals surface area contributed by atoms with Crippen LogP contribution in [0.2, 0.25) is 0 Å². The maximum absolute atomic E-state index is 11.7. The Bertz CT molecular complexity index is 482. The number of nitrogens with zero attached hydrogens (tertiary/aromatic N) is 1. The molecule has 1 saturated heterocycles. The van der Waals surface area contributed by atoms with Crippen LogP contribution in [0.5, 0.6) is 0 Å². The second-order valence-electron chi connectivity index (χ2n) is 6.67. The molecule has 0 aromatic heterocycles. The van der Waals surface area contributed by atoms with Gasteiger partial charge in [-0.15, -0.1) is 5.06 Å². The molecule has 0 spiro atoms. The van der Waals surface area contributed by atoms with E-state index in [1.54, 1.807) is 0 Å². The fraction of sp³-hybridized carbons (Fsp3) is 0.789. The largest absolute Gasteiger partial charge is 0.355 e. The minimum Gasteiger partial charge on any atom is -0.355 e. The Labute approximate surface area is 165 Å². The topological polar surface area (TPSA) is 92.8 Å². The molecule has 1 fully saturated rings. The molecule has 1 aliphatic heterocycles. The van der Waals surface area contributed by atoms with Crippen molar-refractivity contribution in [3.8, 4) is 0 Å². The summed E-state index contributed by atoms with van der Waals surface area (Å²) in [7, 11) is 0. The predicted octanol–water partition coefficient (Wildman–Crippen LogP) is 2.97. The number of unbranched alkanes of at least 4 members (excludes halogenated alkanes) is 7. The summed E-state index contributed by atoms with van der Waals surface area (Å²) in [4.78, 5) is 50.7. The number of hydroxylamine groups is 2. The number of carbonyl (C=O) groups is 4. The van der Waals surface area contributed by atoms with Gasteiger partial charge < -0.3 is 10.2 Å². The Morgan fingerprint density at radius 1 is 1.00 bits per heavy atom. The molecule has 154 valence electrons. The van der Waals surface area contributed by atoms with Crippen LogP contribution in [0.25, 0.3) is 0 Å². The van der Waals surface area contributed by atoms with E-state index in [1.165, 1.54) is 50.3 Å². The summed E-state index contributed by atoms with van der Waals surface area (Å²) in [5, 5.41) is 3.42. The molecule has 0 bridgehead atoms. The van der Waals surface area contributed by atoms with Gasteiger partial charge in [-0.05, 0) is 6.42 Å². The molecular weight excluding hydrogens is 368 g/mol. The fourth-order valence-corrected chi connectivity index (χ4v) is 3.41. The number of carbonyl (C=O) groups excluding carboxylic acids is 4. The molecule has 8 heteroatoms. The van der Waals surface area contributed by atoms with Crippen molar-refractivity contribution in [1.29, 1.82) is 0 Å². The zero-order valence-corrected chi connectivity index (χ0v) is 17.1. The maximum atomic E-state index is 11.7. The molecule has 7 nitrogen and oxygen atoms in total. The molecule has 1 aliphatic rings. The lowest BCUT2D eigenvalue weighted by molar-refractivity contribution is -0.197. The molecular formula is C19H32N2O5S. The Morgan fingerprint density at radius 2 is 1.59 bits per heavy atom. The van der Waals surface area contributed by atoms with Crippen molar-refractivity contribution in [3.63, 3.8) is 0 Å². The standard InChI is InChI=1S/C19H32N2O5S/c1-2-3-4-5-6-7-8-9-13-20-16(22)15-27-14-12-19(25)26-21-17(23)10-11-18(21)24/h2-15H2,1H3,(H,20,22). The third-order valence-electron chi connectivity index (χ3n) is 4.24. The average molecular weight is 401 g/mol. The average Bonchev–Trinajstić information content (AvgIpc) is 2.96. The van der Waals surface area contributed by atoms with Crippen molar-refractivity contribution in [3.05, 3.63) is 0 Å². The highest BCUT2D eigenvalue weighted by Gasteiger charge is 2.32. The van der Waals surface area contributed by atoms with Crippen LogP contribution in [0.4, 0.5) is 0 Å². The fourth-order valence-electron chi connectivity index (χ4n) is 2.66. The minimum absolute atomic E-state index is 0.0405. The first-order valence-electron chi connectivity index (χ1n) is 9.95. The second kappa shape index (κ2) is 14.5. The summed E-state index contributed by atoms with van der Waals surface area (Å²) in [6.45, 7) is 2.90. The van der Waals surface area contributed by atoms with Gasteiger partial charge in [-0.25, -0.2) is 4.79 Å². The maximum Gasteiger partial charge on any atom is 0.334 e. The highest BCUT2D eigenvalue weighted by atomic mass is 32.2. The van der Waals surface area contributed by atoms with Crippen LogP contribution in [0, 0.1) is 0 Å². The quantitative estimate of drug-likeness (QED) is 0.336. The van der Waals surface area contributed by atoms with Crippen LogP contribution >= 0.6 is 11.8 Å². The van der Waals surface area contributed by atoms with Gasteiger partial charge in [0.2, 0.25) is 5.91 Å². The number of amides is 3. The molecule has 0 unspecified atom stereocenters. The highest BCUT2D eigenvalue weighted by molar-refractivity contribution is 7.99. The molecule has 1 heterocycles.